The average molecular weight is 268 g/mol. The van der Waals surface area contributed by atoms with Crippen LogP contribution < -0.4 is 16.0 Å². The molecule has 0 aliphatic rings. The highest BCUT2D eigenvalue weighted by Gasteiger charge is 2.10. The largest absolute Gasteiger partial charge is 0.494 e. The molecule has 1 aromatic carbocycles. The van der Waals surface area contributed by atoms with Gasteiger partial charge in [-0.3, -0.25) is 11.3 Å². The summed E-state index contributed by atoms with van der Waals surface area (Å²) in [7, 11) is 1.47. The Morgan fingerprint density at radius 2 is 2.11 bits per heavy atom. The maximum Gasteiger partial charge on any atom is 0.165 e. The van der Waals surface area contributed by atoms with E-state index in [1.165, 1.54) is 32.4 Å². The second-order valence-electron chi connectivity index (χ2n) is 4.89. The van der Waals surface area contributed by atoms with Gasteiger partial charge in [0.1, 0.15) is 0 Å². The summed E-state index contributed by atoms with van der Waals surface area (Å²) in [6, 6.07) is 5.27. The predicted molar refractivity (Wildman–Crippen MR) is 76.5 cm³/mol. The van der Waals surface area contributed by atoms with Crippen LogP contribution in [0.25, 0.3) is 0 Å². The van der Waals surface area contributed by atoms with E-state index in [4.69, 9.17) is 10.6 Å². The number of halogens is 1. The van der Waals surface area contributed by atoms with Crippen LogP contribution in [0.15, 0.2) is 18.2 Å². The molecule has 19 heavy (non-hydrogen) atoms. The SMILES string of the molecule is CCCCCCC(Cc1ccc(OC)c(F)c1)NN. The summed E-state index contributed by atoms with van der Waals surface area (Å²) in [6.45, 7) is 2.19. The fraction of sp³-hybridized carbons (Fsp3) is 0.600. The van der Waals surface area contributed by atoms with Crippen molar-refractivity contribution in [3.05, 3.63) is 29.6 Å². The lowest BCUT2D eigenvalue weighted by atomic mass is 10.0. The molecular weight excluding hydrogens is 243 g/mol. The Balaban J connectivity index is 2.48. The van der Waals surface area contributed by atoms with Gasteiger partial charge in [-0.1, -0.05) is 38.7 Å². The fourth-order valence-corrected chi connectivity index (χ4v) is 2.18. The van der Waals surface area contributed by atoms with Crippen LogP contribution in [0.2, 0.25) is 0 Å². The third kappa shape index (κ3) is 5.57. The molecule has 108 valence electrons. The number of nitrogens with one attached hydrogen (secondary N) is 1. The van der Waals surface area contributed by atoms with Crippen molar-refractivity contribution in [1.82, 2.24) is 5.43 Å². The molecule has 0 bridgehead atoms. The number of hydrazine groups is 1. The van der Waals surface area contributed by atoms with Crippen LogP contribution in [0.3, 0.4) is 0 Å². The Hall–Kier alpha value is -1.13. The van der Waals surface area contributed by atoms with Gasteiger partial charge >= 0.3 is 0 Å². The average Bonchev–Trinajstić information content (AvgIpc) is 2.42. The lowest BCUT2D eigenvalue weighted by molar-refractivity contribution is 0.385. The number of methoxy groups -OCH3 is 1. The van der Waals surface area contributed by atoms with E-state index in [0.29, 0.717) is 0 Å². The Labute approximate surface area is 115 Å². The minimum atomic E-state index is -0.318. The molecule has 1 unspecified atom stereocenters. The molecule has 0 radical (unpaired) electrons. The van der Waals surface area contributed by atoms with Crippen molar-refractivity contribution >= 4 is 0 Å². The molecule has 0 spiro atoms. The normalized spacial score (nSPS) is 12.4. The summed E-state index contributed by atoms with van der Waals surface area (Å²) in [5.41, 5.74) is 3.76. The number of hydrogen-bond acceptors (Lipinski definition) is 3. The predicted octanol–water partition coefficient (Wildman–Crippen LogP) is 3.18. The molecular formula is C15H25FN2O. The molecule has 0 aliphatic carbocycles. The van der Waals surface area contributed by atoms with Gasteiger partial charge < -0.3 is 4.74 Å². The number of benzene rings is 1. The summed E-state index contributed by atoms with van der Waals surface area (Å²) in [5, 5.41) is 0. The first-order valence-corrected chi connectivity index (χ1v) is 6.99. The highest BCUT2D eigenvalue weighted by molar-refractivity contribution is 5.29. The molecule has 0 saturated heterocycles. The summed E-state index contributed by atoms with van der Waals surface area (Å²) in [6.07, 6.45) is 6.62. The molecule has 4 heteroatoms. The molecule has 1 atom stereocenters. The molecule has 3 N–H and O–H groups in total. The zero-order valence-corrected chi connectivity index (χ0v) is 11.9. The summed E-state index contributed by atoms with van der Waals surface area (Å²) < 4.78 is 18.5. The molecule has 1 aromatic rings. The van der Waals surface area contributed by atoms with Crippen LogP contribution in [0.4, 0.5) is 4.39 Å². The number of rotatable bonds is 9. The van der Waals surface area contributed by atoms with Gasteiger partial charge in [-0.25, -0.2) is 4.39 Å². The molecule has 0 saturated carbocycles. The van der Waals surface area contributed by atoms with Gasteiger partial charge in [0, 0.05) is 6.04 Å². The van der Waals surface area contributed by atoms with E-state index in [2.05, 4.69) is 12.3 Å². The highest BCUT2D eigenvalue weighted by atomic mass is 19.1. The second kappa shape index (κ2) is 8.88. The number of unbranched alkanes of at least 4 members (excludes halogenated alkanes) is 3. The molecule has 0 aromatic heterocycles. The number of nitrogens with two attached hydrogens (primary N) is 1. The van der Waals surface area contributed by atoms with Crippen LogP contribution in [0.5, 0.6) is 5.75 Å². The third-order valence-electron chi connectivity index (χ3n) is 3.34. The Kier molecular flexibility index (Phi) is 7.45. The van der Waals surface area contributed by atoms with E-state index in [0.717, 1.165) is 24.8 Å². The summed E-state index contributed by atoms with van der Waals surface area (Å²) in [5.74, 6) is 5.52. The first kappa shape index (κ1) is 15.9. The van der Waals surface area contributed by atoms with Crippen LogP contribution >= 0.6 is 0 Å². The van der Waals surface area contributed by atoms with Crippen LogP contribution in [0.1, 0.15) is 44.6 Å². The van der Waals surface area contributed by atoms with E-state index >= 15 is 0 Å². The summed E-state index contributed by atoms with van der Waals surface area (Å²) in [4.78, 5) is 0. The summed E-state index contributed by atoms with van der Waals surface area (Å²) >= 11 is 0. The van der Waals surface area contributed by atoms with Gasteiger partial charge in [-0.2, -0.15) is 0 Å². The van der Waals surface area contributed by atoms with Gasteiger partial charge in [0.15, 0.2) is 11.6 Å². The van der Waals surface area contributed by atoms with E-state index in [1.54, 1.807) is 6.07 Å². The Bertz CT molecular complexity index is 371. The first-order chi connectivity index (χ1) is 9.21. The van der Waals surface area contributed by atoms with Crippen molar-refractivity contribution in [3.8, 4) is 5.75 Å². The fourth-order valence-electron chi connectivity index (χ4n) is 2.18. The van der Waals surface area contributed by atoms with Crippen LogP contribution in [-0.4, -0.2) is 13.2 Å². The maximum absolute atomic E-state index is 13.6. The zero-order chi connectivity index (χ0) is 14.1. The molecule has 0 aliphatic heterocycles. The highest BCUT2D eigenvalue weighted by Crippen LogP contribution is 2.19. The zero-order valence-electron chi connectivity index (χ0n) is 11.9. The maximum atomic E-state index is 13.6. The topological polar surface area (TPSA) is 47.3 Å². The van der Waals surface area contributed by atoms with Crippen molar-refractivity contribution in [2.24, 2.45) is 5.84 Å². The first-order valence-electron chi connectivity index (χ1n) is 6.99. The second-order valence-corrected chi connectivity index (χ2v) is 4.89. The van der Waals surface area contributed by atoms with Crippen LogP contribution in [0, 0.1) is 5.82 Å². The molecule has 0 heterocycles. The molecule has 0 fully saturated rings. The smallest absolute Gasteiger partial charge is 0.165 e. The van der Waals surface area contributed by atoms with Crippen LogP contribution in [-0.2, 0) is 6.42 Å². The van der Waals surface area contributed by atoms with E-state index in [1.807, 2.05) is 6.07 Å². The van der Waals surface area contributed by atoms with Gasteiger partial charge in [-0.15, -0.1) is 0 Å². The van der Waals surface area contributed by atoms with Crippen molar-refractivity contribution in [1.29, 1.82) is 0 Å². The van der Waals surface area contributed by atoms with E-state index < -0.39 is 0 Å². The van der Waals surface area contributed by atoms with Gasteiger partial charge in [0.2, 0.25) is 0 Å². The number of ether oxygens (including phenoxy) is 1. The molecule has 1 rings (SSSR count). The van der Waals surface area contributed by atoms with Gasteiger partial charge in [-0.05, 0) is 30.5 Å². The molecule has 3 nitrogen and oxygen atoms in total. The van der Waals surface area contributed by atoms with Gasteiger partial charge in [0.25, 0.3) is 0 Å². The minimum Gasteiger partial charge on any atom is -0.494 e. The quantitative estimate of drug-likeness (QED) is 0.411. The van der Waals surface area contributed by atoms with Crippen molar-refractivity contribution < 1.29 is 9.13 Å². The van der Waals surface area contributed by atoms with Crippen molar-refractivity contribution in [2.75, 3.05) is 7.11 Å². The number of hydrogen-bond donors (Lipinski definition) is 2. The standard InChI is InChI=1S/C15H25FN2O/c1-3-4-5-6-7-13(18-17)10-12-8-9-15(19-2)14(16)11-12/h8-9,11,13,18H,3-7,10,17H2,1-2H3. The monoisotopic (exact) mass is 268 g/mol. The molecule has 0 amide bonds. The minimum absolute atomic E-state index is 0.199. The Morgan fingerprint density at radius 1 is 1.32 bits per heavy atom. The van der Waals surface area contributed by atoms with E-state index in [-0.39, 0.29) is 17.6 Å². The lowest BCUT2D eigenvalue weighted by Gasteiger charge is -2.16. The lowest BCUT2D eigenvalue weighted by Crippen LogP contribution is -2.36. The Morgan fingerprint density at radius 3 is 2.68 bits per heavy atom. The van der Waals surface area contributed by atoms with E-state index in [9.17, 15) is 4.39 Å². The van der Waals surface area contributed by atoms with Crippen molar-refractivity contribution in [3.63, 3.8) is 0 Å². The van der Waals surface area contributed by atoms with Gasteiger partial charge in [0.05, 0.1) is 7.11 Å². The van der Waals surface area contributed by atoms with Crippen molar-refractivity contribution in [2.45, 2.75) is 51.5 Å². The third-order valence-corrected chi connectivity index (χ3v) is 3.34.